The van der Waals surface area contributed by atoms with Crippen LogP contribution in [0.2, 0.25) is 0 Å². The van der Waals surface area contributed by atoms with Crippen LogP contribution in [0, 0.1) is 0 Å². The third-order valence-electron chi connectivity index (χ3n) is 0.709. The molecule has 2 heteroatoms. The second-order valence-electron chi connectivity index (χ2n) is 1.35. The molecule has 0 rings (SSSR count). The van der Waals surface area contributed by atoms with Crippen molar-refractivity contribution in [3.8, 4) is 0 Å². The van der Waals surface area contributed by atoms with Crippen LogP contribution >= 0.6 is 11.9 Å². The van der Waals surface area contributed by atoms with E-state index in [-0.39, 0.29) is 0 Å². The Kier molecular flexibility index (Phi) is 14.4. The molecule has 0 aromatic rings. The lowest BCUT2D eigenvalue weighted by Crippen LogP contribution is -1.59. The van der Waals surface area contributed by atoms with Crippen LogP contribution in [0.15, 0.2) is 15.4 Å². The predicted octanol–water partition coefficient (Wildman–Crippen LogP) is 3.68. The van der Waals surface area contributed by atoms with Crippen LogP contribution in [-0.4, -0.2) is 6.21 Å². The SMILES string of the molecule is C/C=N\S/C(C)=C\C.CC. The first-order chi connectivity index (χ1) is 4.81. The molecule has 10 heavy (non-hydrogen) atoms. The van der Waals surface area contributed by atoms with Crippen molar-refractivity contribution < 1.29 is 0 Å². The van der Waals surface area contributed by atoms with Crippen LogP contribution in [0.4, 0.5) is 0 Å². The van der Waals surface area contributed by atoms with Crippen LogP contribution in [0.25, 0.3) is 0 Å². The molecule has 1 nitrogen and oxygen atoms in total. The average molecular weight is 159 g/mol. The number of hydrogen-bond acceptors (Lipinski definition) is 2. The van der Waals surface area contributed by atoms with Gasteiger partial charge in [0, 0.05) is 23.1 Å². The van der Waals surface area contributed by atoms with E-state index in [0.717, 1.165) is 0 Å². The Hall–Kier alpha value is -0.240. The first-order valence-corrected chi connectivity index (χ1v) is 4.36. The highest BCUT2D eigenvalue weighted by Gasteiger charge is 1.79. The van der Waals surface area contributed by atoms with E-state index in [1.807, 2.05) is 40.7 Å². The first kappa shape index (κ1) is 12.4. The maximum atomic E-state index is 3.97. The van der Waals surface area contributed by atoms with E-state index in [2.05, 4.69) is 4.40 Å². The van der Waals surface area contributed by atoms with Gasteiger partial charge in [-0.05, 0) is 20.8 Å². The molecule has 0 fully saturated rings. The predicted molar refractivity (Wildman–Crippen MR) is 52.5 cm³/mol. The summed E-state index contributed by atoms with van der Waals surface area (Å²) in [5.74, 6) is 0. The molecule has 0 unspecified atom stereocenters. The normalized spacial score (nSPS) is 11.1. The summed E-state index contributed by atoms with van der Waals surface area (Å²) >= 11 is 1.51. The lowest BCUT2D eigenvalue weighted by atomic mass is 10.6. The fourth-order valence-electron chi connectivity index (χ4n) is 0.189. The second kappa shape index (κ2) is 11.5. The standard InChI is InChI=1S/C6H11NS.C2H6/c1-4-6(3)8-7-5-2;1-2/h4-5H,1-3H3;1-2H3/b6-4-,7-5-;. The highest BCUT2D eigenvalue weighted by Crippen LogP contribution is 2.13. The zero-order valence-corrected chi connectivity index (χ0v) is 8.33. The van der Waals surface area contributed by atoms with Gasteiger partial charge in [-0.3, -0.25) is 0 Å². The van der Waals surface area contributed by atoms with E-state index in [1.54, 1.807) is 6.21 Å². The molecule has 0 N–H and O–H groups in total. The van der Waals surface area contributed by atoms with Gasteiger partial charge in [0.25, 0.3) is 0 Å². The molecule has 0 heterocycles. The summed E-state index contributed by atoms with van der Waals surface area (Å²) in [7, 11) is 0. The Morgan fingerprint density at radius 1 is 1.30 bits per heavy atom. The van der Waals surface area contributed by atoms with Gasteiger partial charge in [0.15, 0.2) is 0 Å². The summed E-state index contributed by atoms with van der Waals surface area (Å²) in [6.45, 7) is 9.96. The molecule has 0 amide bonds. The summed E-state index contributed by atoms with van der Waals surface area (Å²) < 4.78 is 3.97. The largest absolute Gasteiger partial charge is 0.224 e. The van der Waals surface area contributed by atoms with E-state index in [1.165, 1.54) is 16.9 Å². The lowest BCUT2D eigenvalue weighted by Gasteiger charge is -1.87. The zero-order chi connectivity index (χ0) is 8.41. The van der Waals surface area contributed by atoms with E-state index in [0.29, 0.717) is 0 Å². The molecule has 0 spiro atoms. The Morgan fingerprint density at radius 2 is 1.80 bits per heavy atom. The van der Waals surface area contributed by atoms with E-state index < -0.39 is 0 Å². The second-order valence-corrected chi connectivity index (χ2v) is 2.39. The number of rotatable bonds is 2. The Bertz CT molecular complexity index is 106. The molecule has 0 bridgehead atoms. The maximum absolute atomic E-state index is 3.97. The highest BCUT2D eigenvalue weighted by molar-refractivity contribution is 8.01. The number of allylic oxidation sites excluding steroid dienone is 2. The van der Waals surface area contributed by atoms with Crippen molar-refractivity contribution in [3.63, 3.8) is 0 Å². The van der Waals surface area contributed by atoms with Crippen molar-refractivity contribution in [2.24, 2.45) is 4.40 Å². The first-order valence-electron chi connectivity index (χ1n) is 3.59. The number of hydrogen-bond donors (Lipinski definition) is 0. The summed E-state index contributed by atoms with van der Waals surface area (Å²) in [6.07, 6.45) is 3.83. The molecule has 0 aromatic heterocycles. The quantitative estimate of drug-likeness (QED) is 0.442. The molecule has 0 atom stereocenters. The molecule has 0 saturated carbocycles. The summed E-state index contributed by atoms with van der Waals surface area (Å²) in [4.78, 5) is 1.24. The Labute approximate surface area is 68.8 Å². The van der Waals surface area contributed by atoms with Gasteiger partial charge >= 0.3 is 0 Å². The highest BCUT2D eigenvalue weighted by atomic mass is 32.2. The molecular weight excluding hydrogens is 142 g/mol. The summed E-state index contributed by atoms with van der Waals surface area (Å²) in [6, 6.07) is 0. The minimum Gasteiger partial charge on any atom is -0.224 e. The van der Waals surface area contributed by atoms with Gasteiger partial charge in [-0.1, -0.05) is 19.9 Å². The molecule has 60 valence electrons. The third-order valence-corrected chi connectivity index (χ3v) is 1.55. The van der Waals surface area contributed by atoms with Crippen molar-refractivity contribution in [2.45, 2.75) is 34.6 Å². The van der Waals surface area contributed by atoms with Crippen LogP contribution in [0.1, 0.15) is 34.6 Å². The lowest BCUT2D eigenvalue weighted by molar-refractivity contribution is 1.50. The fraction of sp³-hybridized carbons (Fsp3) is 0.625. The van der Waals surface area contributed by atoms with Crippen molar-refractivity contribution in [2.75, 3.05) is 0 Å². The van der Waals surface area contributed by atoms with E-state index in [4.69, 9.17) is 0 Å². The van der Waals surface area contributed by atoms with E-state index >= 15 is 0 Å². The van der Waals surface area contributed by atoms with Crippen molar-refractivity contribution in [3.05, 3.63) is 11.0 Å². The summed E-state index contributed by atoms with van der Waals surface area (Å²) in [5, 5.41) is 0. The van der Waals surface area contributed by atoms with Gasteiger partial charge in [0.1, 0.15) is 0 Å². The van der Waals surface area contributed by atoms with Crippen LogP contribution < -0.4 is 0 Å². The molecule has 0 aliphatic rings. The van der Waals surface area contributed by atoms with Crippen LogP contribution in [-0.2, 0) is 0 Å². The smallest absolute Gasteiger partial charge is 0.00987 e. The molecule has 0 aromatic carbocycles. The fourth-order valence-corrected chi connectivity index (χ4v) is 0.566. The van der Waals surface area contributed by atoms with Crippen molar-refractivity contribution in [1.29, 1.82) is 0 Å². The molecule has 0 aliphatic heterocycles. The van der Waals surface area contributed by atoms with Gasteiger partial charge in [0.2, 0.25) is 0 Å². The van der Waals surface area contributed by atoms with Gasteiger partial charge < -0.3 is 0 Å². The van der Waals surface area contributed by atoms with Gasteiger partial charge in [0.05, 0.1) is 0 Å². The molecule has 0 aliphatic carbocycles. The molecule has 0 radical (unpaired) electrons. The van der Waals surface area contributed by atoms with Crippen molar-refractivity contribution in [1.82, 2.24) is 0 Å². The maximum Gasteiger partial charge on any atom is 0.00987 e. The van der Waals surface area contributed by atoms with E-state index in [9.17, 15) is 0 Å². The minimum atomic E-state index is 1.24. The van der Waals surface area contributed by atoms with Crippen LogP contribution in [0.3, 0.4) is 0 Å². The van der Waals surface area contributed by atoms with Gasteiger partial charge in [-0.25, -0.2) is 4.40 Å². The summed E-state index contributed by atoms with van der Waals surface area (Å²) in [5.41, 5.74) is 0. The number of nitrogens with zero attached hydrogens (tertiary/aromatic N) is 1. The third kappa shape index (κ3) is 10.7. The minimum absolute atomic E-state index is 1.24. The Morgan fingerprint density at radius 3 is 2.10 bits per heavy atom. The van der Waals surface area contributed by atoms with Gasteiger partial charge in [-0.2, -0.15) is 0 Å². The zero-order valence-electron chi connectivity index (χ0n) is 7.51. The van der Waals surface area contributed by atoms with Crippen LogP contribution in [0.5, 0.6) is 0 Å². The molecule has 0 saturated heterocycles. The Balaban J connectivity index is 0. The molecular formula is C8H17NS. The van der Waals surface area contributed by atoms with Crippen molar-refractivity contribution >= 4 is 18.2 Å². The van der Waals surface area contributed by atoms with Gasteiger partial charge in [-0.15, -0.1) is 0 Å². The topological polar surface area (TPSA) is 12.4 Å². The monoisotopic (exact) mass is 159 g/mol. The average Bonchev–Trinajstić information content (AvgIpc) is 2.04.